The molecule has 3 unspecified atom stereocenters. The summed E-state index contributed by atoms with van der Waals surface area (Å²) in [6, 6.07) is 9.33. The van der Waals surface area contributed by atoms with Gasteiger partial charge in [0.15, 0.2) is 11.5 Å². The highest BCUT2D eigenvalue weighted by molar-refractivity contribution is 6.07. The average molecular weight is 261 g/mol. The summed E-state index contributed by atoms with van der Waals surface area (Å²) in [6.07, 6.45) is 0. The van der Waals surface area contributed by atoms with Crippen molar-refractivity contribution in [2.75, 3.05) is 0 Å². The Balaban J connectivity index is 2.29. The van der Waals surface area contributed by atoms with Crippen molar-refractivity contribution >= 4 is 11.6 Å². The number of nitrogens with zero attached hydrogens (tertiary/aromatic N) is 1. The molecule has 1 aliphatic rings. The van der Waals surface area contributed by atoms with Crippen molar-refractivity contribution in [2.45, 2.75) is 39.1 Å². The van der Waals surface area contributed by atoms with Gasteiger partial charge in [-0.15, -0.1) is 0 Å². The molecule has 1 aromatic carbocycles. The SMILES string of the molecule is CC(=O)C1C(=O)C(C)(O)N(Cc2ccccc2)C1C. The molecule has 102 valence electrons. The molecular weight excluding hydrogens is 242 g/mol. The van der Waals surface area contributed by atoms with Gasteiger partial charge in [-0.2, -0.15) is 0 Å². The van der Waals surface area contributed by atoms with Gasteiger partial charge in [0.05, 0.1) is 5.92 Å². The summed E-state index contributed by atoms with van der Waals surface area (Å²) in [6.45, 7) is 5.14. The minimum absolute atomic E-state index is 0.187. The number of hydrogen-bond donors (Lipinski definition) is 1. The van der Waals surface area contributed by atoms with E-state index in [0.29, 0.717) is 6.54 Å². The number of carbonyl (C=O) groups is 2. The first-order valence-electron chi connectivity index (χ1n) is 6.43. The zero-order valence-corrected chi connectivity index (χ0v) is 11.5. The Morgan fingerprint density at radius 2 is 1.95 bits per heavy atom. The first kappa shape index (κ1) is 13.9. The lowest BCUT2D eigenvalue weighted by Gasteiger charge is -2.31. The van der Waals surface area contributed by atoms with Crippen LogP contribution in [-0.2, 0) is 16.1 Å². The Hall–Kier alpha value is -1.52. The highest BCUT2D eigenvalue weighted by Crippen LogP contribution is 2.34. The molecule has 0 amide bonds. The lowest BCUT2D eigenvalue weighted by atomic mass is 9.94. The molecule has 1 fully saturated rings. The maximum absolute atomic E-state index is 12.2. The van der Waals surface area contributed by atoms with E-state index in [0.717, 1.165) is 5.56 Å². The summed E-state index contributed by atoms with van der Waals surface area (Å²) < 4.78 is 0. The number of Topliss-reactive ketones (excluding diaryl/α,β-unsaturated/α-hetero) is 2. The molecule has 1 aliphatic heterocycles. The van der Waals surface area contributed by atoms with Crippen molar-refractivity contribution in [3.63, 3.8) is 0 Å². The first-order chi connectivity index (χ1) is 8.85. The zero-order valence-electron chi connectivity index (χ0n) is 11.5. The standard InChI is InChI=1S/C15H19NO3/c1-10-13(11(2)17)14(18)15(3,19)16(10)9-12-7-5-4-6-8-12/h4-8,10,13,19H,9H2,1-3H3. The molecule has 4 heteroatoms. The van der Waals surface area contributed by atoms with Crippen LogP contribution in [0.25, 0.3) is 0 Å². The summed E-state index contributed by atoms with van der Waals surface area (Å²) in [5.74, 6) is -1.32. The van der Waals surface area contributed by atoms with Crippen LogP contribution >= 0.6 is 0 Å². The molecule has 1 aromatic rings. The molecule has 4 nitrogen and oxygen atoms in total. The van der Waals surface area contributed by atoms with Gasteiger partial charge in [0.2, 0.25) is 0 Å². The molecule has 1 N–H and O–H groups in total. The van der Waals surface area contributed by atoms with Crippen LogP contribution in [-0.4, -0.2) is 33.3 Å². The topological polar surface area (TPSA) is 57.6 Å². The van der Waals surface area contributed by atoms with Crippen LogP contribution in [0.1, 0.15) is 26.3 Å². The quantitative estimate of drug-likeness (QED) is 0.835. The van der Waals surface area contributed by atoms with Crippen LogP contribution in [0, 0.1) is 5.92 Å². The van der Waals surface area contributed by atoms with E-state index < -0.39 is 17.4 Å². The Morgan fingerprint density at radius 1 is 1.37 bits per heavy atom. The number of benzene rings is 1. The van der Waals surface area contributed by atoms with Gasteiger partial charge in [-0.3, -0.25) is 14.5 Å². The van der Waals surface area contributed by atoms with E-state index >= 15 is 0 Å². The van der Waals surface area contributed by atoms with Crippen molar-refractivity contribution in [3.8, 4) is 0 Å². The maximum Gasteiger partial charge on any atom is 0.191 e. The van der Waals surface area contributed by atoms with Crippen molar-refractivity contribution in [1.82, 2.24) is 4.90 Å². The second kappa shape index (κ2) is 4.87. The monoisotopic (exact) mass is 261 g/mol. The van der Waals surface area contributed by atoms with Gasteiger partial charge in [-0.25, -0.2) is 0 Å². The predicted octanol–water partition coefficient (Wildman–Crippen LogP) is 1.37. The van der Waals surface area contributed by atoms with Gasteiger partial charge in [0.25, 0.3) is 0 Å². The number of ketones is 2. The largest absolute Gasteiger partial charge is 0.369 e. The fourth-order valence-electron chi connectivity index (χ4n) is 2.83. The first-order valence-corrected chi connectivity index (χ1v) is 6.43. The van der Waals surface area contributed by atoms with E-state index in [1.807, 2.05) is 37.3 Å². The number of rotatable bonds is 3. The lowest BCUT2D eigenvalue weighted by Crippen LogP contribution is -2.47. The minimum atomic E-state index is -1.58. The third kappa shape index (κ3) is 2.33. The van der Waals surface area contributed by atoms with E-state index in [1.165, 1.54) is 13.8 Å². The van der Waals surface area contributed by atoms with Crippen molar-refractivity contribution in [1.29, 1.82) is 0 Å². The number of likely N-dealkylation sites (tertiary alicyclic amines) is 1. The molecule has 3 atom stereocenters. The maximum atomic E-state index is 12.2. The molecule has 0 aliphatic carbocycles. The van der Waals surface area contributed by atoms with E-state index in [9.17, 15) is 14.7 Å². The Morgan fingerprint density at radius 3 is 2.42 bits per heavy atom. The fraction of sp³-hybridized carbons (Fsp3) is 0.467. The Kier molecular flexibility index (Phi) is 3.56. The fourth-order valence-corrected chi connectivity index (χ4v) is 2.83. The summed E-state index contributed by atoms with van der Waals surface area (Å²) >= 11 is 0. The predicted molar refractivity (Wildman–Crippen MR) is 71.2 cm³/mol. The molecular formula is C15H19NO3. The number of hydrogen-bond acceptors (Lipinski definition) is 4. The van der Waals surface area contributed by atoms with E-state index in [4.69, 9.17) is 0 Å². The Labute approximate surface area is 113 Å². The number of aliphatic hydroxyl groups is 1. The highest BCUT2D eigenvalue weighted by atomic mass is 16.3. The van der Waals surface area contributed by atoms with Gasteiger partial charge in [0, 0.05) is 12.6 Å². The van der Waals surface area contributed by atoms with Crippen molar-refractivity contribution in [2.24, 2.45) is 5.92 Å². The Bertz CT molecular complexity index is 495. The van der Waals surface area contributed by atoms with E-state index in [2.05, 4.69) is 0 Å². The molecule has 1 heterocycles. The number of carbonyl (C=O) groups excluding carboxylic acids is 2. The van der Waals surface area contributed by atoms with E-state index in [1.54, 1.807) is 4.90 Å². The second-order valence-electron chi connectivity index (χ2n) is 5.33. The summed E-state index contributed by atoms with van der Waals surface area (Å²) in [5.41, 5.74) is -0.572. The van der Waals surface area contributed by atoms with Crippen molar-refractivity contribution < 1.29 is 14.7 Å². The zero-order chi connectivity index (χ0) is 14.2. The molecule has 0 aromatic heterocycles. The molecule has 0 spiro atoms. The van der Waals surface area contributed by atoms with Crippen LogP contribution in [0.5, 0.6) is 0 Å². The summed E-state index contributed by atoms with van der Waals surface area (Å²) in [7, 11) is 0. The van der Waals surface area contributed by atoms with Gasteiger partial charge in [-0.1, -0.05) is 30.3 Å². The third-order valence-electron chi connectivity index (χ3n) is 3.92. The van der Waals surface area contributed by atoms with Crippen LogP contribution in [0.2, 0.25) is 0 Å². The average Bonchev–Trinajstić information content (AvgIpc) is 2.51. The summed E-state index contributed by atoms with van der Waals surface area (Å²) in [4.78, 5) is 25.5. The smallest absolute Gasteiger partial charge is 0.191 e. The lowest BCUT2D eigenvalue weighted by molar-refractivity contribution is -0.149. The van der Waals surface area contributed by atoms with Gasteiger partial charge >= 0.3 is 0 Å². The molecule has 0 radical (unpaired) electrons. The van der Waals surface area contributed by atoms with E-state index in [-0.39, 0.29) is 11.8 Å². The third-order valence-corrected chi connectivity index (χ3v) is 3.92. The van der Waals surface area contributed by atoms with Crippen LogP contribution in [0.15, 0.2) is 30.3 Å². The van der Waals surface area contributed by atoms with Gasteiger partial charge in [-0.05, 0) is 26.3 Å². The van der Waals surface area contributed by atoms with Crippen LogP contribution in [0.4, 0.5) is 0 Å². The molecule has 0 bridgehead atoms. The summed E-state index contributed by atoms with van der Waals surface area (Å²) in [5, 5.41) is 10.4. The highest BCUT2D eigenvalue weighted by Gasteiger charge is 2.54. The van der Waals surface area contributed by atoms with Gasteiger partial charge < -0.3 is 5.11 Å². The second-order valence-corrected chi connectivity index (χ2v) is 5.33. The van der Waals surface area contributed by atoms with Crippen LogP contribution in [0.3, 0.4) is 0 Å². The van der Waals surface area contributed by atoms with Crippen molar-refractivity contribution in [3.05, 3.63) is 35.9 Å². The van der Waals surface area contributed by atoms with Crippen LogP contribution < -0.4 is 0 Å². The molecule has 2 rings (SSSR count). The normalized spacial score (nSPS) is 31.7. The van der Waals surface area contributed by atoms with Gasteiger partial charge in [0.1, 0.15) is 5.78 Å². The molecule has 1 saturated heterocycles. The minimum Gasteiger partial charge on any atom is -0.369 e. The molecule has 19 heavy (non-hydrogen) atoms. The molecule has 0 saturated carbocycles.